The van der Waals surface area contributed by atoms with E-state index in [1.807, 2.05) is 24.3 Å². The average Bonchev–Trinajstić information content (AvgIpc) is 3.18. The molecule has 0 amide bonds. The van der Waals surface area contributed by atoms with E-state index in [1.165, 1.54) is 16.7 Å². The average molecular weight is 429 g/mol. The number of H-pyrrole nitrogens is 1. The Kier molecular flexibility index (Phi) is 5.39. The second-order valence-corrected chi connectivity index (χ2v) is 8.27. The van der Waals surface area contributed by atoms with Crippen molar-refractivity contribution in [2.24, 2.45) is 7.05 Å². The van der Waals surface area contributed by atoms with Crippen LogP contribution in [-0.2, 0) is 7.05 Å². The third-order valence-electron chi connectivity index (χ3n) is 4.56. The monoisotopic (exact) mass is 428 g/mol. The molecule has 0 bridgehead atoms. The van der Waals surface area contributed by atoms with Crippen LogP contribution in [0.25, 0.3) is 22.0 Å². The maximum Gasteiger partial charge on any atom is 0.274 e. The zero-order valence-electron chi connectivity index (χ0n) is 15.8. The van der Waals surface area contributed by atoms with Gasteiger partial charge in [0.1, 0.15) is 11.3 Å². The molecule has 0 aliphatic carbocycles. The van der Waals surface area contributed by atoms with Crippen LogP contribution in [0.15, 0.2) is 64.5 Å². The van der Waals surface area contributed by atoms with Crippen LogP contribution in [0, 0.1) is 5.82 Å². The van der Waals surface area contributed by atoms with Gasteiger partial charge in [-0.05, 0) is 48.2 Å². The predicted molar refractivity (Wildman–Crippen MR) is 117 cm³/mol. The van der Waals surface area contributed by atoms with Gasteiger partial charge in [0, 0.05) is 45.9 Å². The summed E-state index contributed by atoms with van der Waals surface area (Å²) < 4.78 is 21.8. The Labute approximate surface area is 176 Å². The summed E-state index contributed by atoms with van der Waals surface area (Å²) in [5.41, 5.74) is 2.01. The van der Waals surface area contributed by atoms with Crippen LogP contribution >= 0.6 is 23.4 Å². The Hall–Kier alpha value is -2.70. The molecule has 148 valence electrons. The van der Waals surface area contributed by atoms with Crippen LogP contribution in [0.5, 0.6) is 11.5 Å². The number of hydrogen-bond acceptors (Lipinski definition) is 3. The molecule has 0 aliphatic rings. The summed E-state index contributed by atoms with van der Waals surface area (Å²) in [5.74, 6) is 0.954. The van der Waals surface area contributed by atoms with Gasteiger partial charge in [0.15, 0.2) is 11.6 Å². The van der Waals surface area contributed by atoms with E-state index in [2.05, 4.69) is 11.9 Å². The van der Waals surface area contributed by atoms with Crippen molar-refractivity contribution >= 4 is 34.3 Å². The van der Waals surface area contributed by atoms with Crippen LogP contribution in [0.2, 0.25) is 5.02 Å². The fourth-order valence-electron chi connectivity index (χ4n) is 3.23. The zero-order chi connectivity index (χ0) is 20.5. The van der Waals surface area contributed by atoms with E-state index in [-0.39, 0.29) is 11.3 Å². The number of thioether (sulfide) groups is 1. The minimum Gasteiger partial charge on any atom is -0.454 e. The predicted octanol–water partition coefficient (Wildman–Crippen LogP) is 6.23. The molecule has 2 aromatic heterocycles. The molecule has 4 rings (SSSR count). The van der Waals surface area contributed by atoms with Gasteiger partial charge in [-0.2, -0.15) is 0 Å². The van der Waals surface area contributed by atoms with Gasteiger partial charge < -0.3 is 14.3 Å². The normalized spacial score (nSPS) is 11.2. The van der Waals surface area contributed by atoms with Crippen LogP contribution in [0.3, 0.4) is 0 Å². The van der Waals surface area contributed by atoms with Crippen molar-refractivity contribution in [3.05, 3.63) is 76.1 Å². The summed E-state index contributed by atoms with van der Waals surface area (Å²) >= 11 is 7.55. The van der Waals surface area contributed by atoms with Crippen LogP contribution in [0.4, 0.5) is 4.39 Å². The van der Waals surface area contributed by atoms with Crippen molar-refractivity contribution in [3.8, 4) is 22.6 Å². The number of aromatic amines is 1. The van der Waals surface area contributed by atoms with Gasteiger partial charge in [0.05, 0.1) is 0 Å². The van der Waals surface area contributed by atoms with Crippen LogP contribution in [0.1, 0.15) is 6.92 Å². The molecule has 2 aromatic carbocycles. The fraction of sp³-hybridized carbons (Fsp3) is 0.136. The van der Waals surface area contributed by atoms with Crippen molar-refractivity contribution < 1.29 is 9.13 Å². The molecule has 0 aliphatic heterocycles. The lowest BCUT2D eigenvalue weighted by Gasteiger charge is -2.15. The number of nitrogens with one attached hydrogen (secondary N) is 1. The number of benzene rings is 2. The van der Waals surface area contributed by atoms with Gasteiger partial charge in [-0.1, -0.05) is 18.5 Å². The largest absolute Gasteiger partial charge is 0.454 e. The van der Waals surface area contributed by atoms with Crippen LogP contribution in [-0.4, -0.2) is 15.3 Å². The summed E-state index contributed by atoms with van der Waals surface area (Å²) in [6, 6.07) is 11.9. The number of rotatable bonds is 5. The quantitative estimate of drug-likeness (QED) is 0.383. The maximum absolute atomic E-state index is 14.3. The number of pyridine rings is 1. The molecule has 0 atom stereocenters. The van der Waals surface area contributed by atoms with Crippen molar-refractivity contribution in [2.75, 3.05) is 5.75 Å². The molecule has 0 saturated carbocycles. The first kappa shape index (κ1) is 19.6. The minimum atomic E-state index is -0.539. The lowest BCUT2D eigenvalue weighted by molar-refractivity contribution is 0.443. The molecule has 4 aromatic rings. The molecule has 4 nitrogen and oxygen atoms in total. The topological polar surface area (TPSA) is 47.0 Å². The van der Waals surface area contributed by atoms with Crippen molar-refractivity contribution in [1.29, 1.82) is 0 Å². The van der Waals surface area contributed by atoms with Crippen molar-refractivity contribution in [2.45, 2.75) is 11.8 Å². The Morgan fingerprint density at radius 2 is 1.93 bits per heavy atom. The lowest BCUT2D eigenvalue weighted by atomic mass is 10.0. The van der Waals surface area contributed by atoms with E-state index in [0.29, 0.717) is 16.3 Å². The summed E-state index contributed by atoms with van der Waals surface area (Å²) in [5, 5.41) is 1.09. The van der Waals surface area contributed by atoms with Gasteiger partial charge in [0.2, 0.25) is 0 Å². The Balaban J connectivity index is 1.92. The van der Waals surface area contributed by atoms with Gasteiger partial charge in [0.25, 0.3) is 5.56 Å². The standard InChI is InChI=1S/C22H18ClFN2O2S/c1-3-29-14-5-7-19(28-20-6-4-13(23)10-18(20)24)16(11-14)17-12-26(2)22(27)21-15(17)8-9-25-21/h4-12,25H,3H2,1-2H3. The SMILES string of the molecule is CCSc1ccc(Oc2ccc(Cl)cc2F)c(-c2cn(C)c(=O)c3[nH]ccc23)c1. The maximum atomic E-state index is 14.3. The summed E-state index contributed by atoms with van der Waals surface area (Å²) in [6.45, 7) is 2.08. The highest BCUT2D eigenvalue weighted by molar-refractivity contribution is 7.99. The fourth-order valence-corrected chi connectivity index (χ4v) is 4.08. The van der Waals surface area contributed by atoms with Crippen molar-refractivity contribution in [3.63, 3.8) is 0 Å². The molecule has 29 heavy (non-hydrogen) atoms. The number of aromatic nitrogens is 2. The Morgan fingerprint density at radius 1 is 1.14 bits per heavy atom. The molecule has 0 fully saturated rings. The third-order valence-corrected chi connectivity index (χ3v) is 5.67. The van der Waals surface area contributed by atoms with E-state index in [4.69, 9.17) is 16.3 Å². The van der Waals surface area contributed by atoms with E-state index in [0.717, 1.165) is 27.2 Å². The number of fused-ring (bicyclic) bond motifs is 1. The van der Waals surface area contributed by atoms with Gasteiger partial charge in [-0.3, -0.25) is 4.79 Å². The number of aryl methyl sites for hydroxylation is 1. The van der Waals surface area contributed by atoms with E-state index < -0.39 is 5.82 Å². The molecule has 0 unspecified atom stereocenters. The molecule has 0 radical (unpaired) electrons. The second-order valence-electron chi connectivity index (χ2n) is 6.49. The Bertz CT molecular complexity index is 1270. The molecule has 0 spiro atoms. The van der Waals surface area contributed by atoms with Gasteiger partial charge >= 0.3 is 0 Å². The smallest absolute Gasteiger partial charge is 0.274 e. The Morgan fingerprint density at radius 3 is 2.69 bits per heavy atom. The molecule has 7 heteroatoms. The first-order chi connectivity index (χ1) is 14.0. The van der Waals surface area contributed by atoms with E-state index in [9.17, 15) is 9.18 Å². The highest BCUT2D eigenvalue weighted by Gasteiger charge is 2.16. The first-order valence-corrected chi connectivity index (χ1v) is 10.4. The zero-order valence-corrected chi connectivity index (χ0v) is 17.4. The molecule has 0 saturated heterocycles. The summed E-state index contributed by atoms with van der Waals surface area (Å²) in [4.78, 5) is 16.5. The van der Waals surface area contributed by atoms with E-state index >= 15 is 0 Å². The number of ether oxygens (including phenoxy) is 1. The molecular weight excluding hydrogens is 411 g/mol. The highest BCUT2D eigenvalue weighted by atomic mass is 35.5. The summed E-state index contributed by atoms with van der Waals surface area (Å²) in [6.07, 6.45) is 3.51. The second kappa shape index (κ2) is 7.97. The van der Waals surface area contributed by atoms with E-state index in [1.54, 1.807) is 37.3 Å². The number of hydrogen-bond donors (Lipinski definition) is 1. The first-order valence-electron chi connectivity index (χ1n) is 9.04. The molecular formula is C22H18ClFN2O2S. The number of nitrogens with zero attached hydrogens (tertiary/aromatic N) is 1. The lowest BCUT2D eigenvalue weighted by Crippen LogP contribution is -2.16. The van der Waals surface area contributed by atoms with Gasteiger partial charge in [-0.15, -0.1) is 11.8 Å². The summed E-state index contributed by atoms with van der Waals surface area (Å²) in [7, 11) is 1.70. The van der Waals surface area contributed by atoms with Gasteiger partial charge in [-0.25, -0.2) is 4.39 Å². The highest BCUT2D eigenvalue weighted by Crippen LogP contribution is 2.39. The molecule has 2 heterocycles. The number of halogens is 2. The minimum absolute atomic E-state index is 0.0849. The molecule has 1 N–H and O–H groups in total. The third kappa shape index (κ3) is 3.78. The van der Waals surface area contributed by atoms with Crippen molar-refractivity contribution in [1.82, 2.24) is 9.55 Å². The van der Waals surface area contributed by atoms with Crippen LogP contribution < -0.4 is 10.3 Å².